The van der Waals surface area contributed by atoms with Crippen LogP contribution in [0.25, 0.3) is 0 Å². The molecule has 1 N–H and O–H groups in total. The zero-order valence-corrected chi connectivity index (χ0v) is 7.16. The van der Waals surface area contributed by atoms with Crippen molar-refractivity contribution in [3.8, 4) is 0 Å². The lowest BCUT2D eigenvalue weighted by Gasteiger charge is -1.98. The minimum atomic E-state index is -1.24. The fraction of sp³-hybridized carbons (Fsp3) is 0.500. The molecule has 0 saturated carbocycles. The van der Waals surface area contributed by atoms with Crippen molar-refractivity contribution in [2.24, 2.45) is 0 Å². The van der Waals surface area contributed by atoms with Crippen LogP contribution in [0.1, 0.15) is 20.3 Å². The maximum absolute atomic E-state index is 10.9. The van der Waals surface area contributed by atoms with Crippen LogP contribution in [0.15, 0.2) is 11.8 Å². The summed E-state index contributed by atoms with van der Waals surface area (Å²) in [5.74, 6) is -1.66. The van der Waals surface area contributed by atoms with Gasteiger partial charge in [0, 0.05) is 6.42 Å². The quantitative estimate of drug-likeness (QED) is 0.290. The summed E-state index contributed by atoms with van der Waals surface area (Å²) in [6.07, 6.45) is 1.17. The molecule has 0 aliphatic rings. The molecule has 4 nitrogen and oxygen atoms in total. The lowest BCUT2D eigenvalue weighted by Crippen LogP contribution is -2.11. The molecule has 0 aliphatic heterocycles. The number of carbonyl (C=O) groups is 2. The number of carboxylic acid groups (broad SMARTS) is 1. The molecule has 0 amide bonds. The number of carbonyl (C=O) groups excluding carboxylic acids is 1. The Labute approximate surface area is 70.8 Å². The normalized spacial score (nSPS) is 11.0. The van der Waals surface area contributed by atoms with Gasteiger partial charge in [0.1, 0.15) is 11.8 Å². The molecule has 0 unspecified atom stereocenters. The number of hydrogen-bond acceptors (Lipinski definition) is 3. The summed E-state index contributed by atoms with van der Waals surface area (Å²) in [6.45, 7) is 3.67. The Bertz CT molecular complexity index is 205. The van der Waals surface area contributed by atoms with E-state index in [1.165, 1.54) is 0 Å². The average molecular weight is 172 g/mol. The summed E-state index contributed by atoms with van der Waals surface area (Å²) in [4.78, 5) is 21.4. The Morgan fingerprint density at radius 2 is 2.00 bits per heavy atom. The molecule has 0 aromatic heterocycles. The van der Waals surface area contributed by atoms with Crippen molar-refractivity contribution in [1.29, 1.82) is 0 Å². The van der Waals surface area contributed by atoms with Gasteiger partial charge in [-0.15, -0.1) is 0 Å². The number of ether oxygens (including phenoxy) is 1. The van der Waals surface area contributed by atoms with Crippen LogP contribution >= 0.6 is 0 Å². The van der Waals surface area contributed by atoms with Gasteiger partial charge in [0.15, 0.2) is 5.78 Å². The number of carboxylic acids is 1. The van der Waals surface area contributed by atoms with Gasteiger partial charge in [-0.1, -0.05) is 6.92 Å². The SMILES string of the molecule is CCO/C=C(/C(=O)O)C(=O)CC. The Kier molecular flexibility index (Phi) is 4.76. The third kappa shape index (κ3) is 3.18. The number of hydrogen-bond donors (Lipinski definition) is 1. The van der Waals surface area contributed by atoms with Gasteiger partial charge in [-0.2, -0.15) is 0 Å². The van der Waals surface area contributed by atoms with E-state index in [1.807, 2.05) is 0 Å². The van der Waals surface area contributed by atoms with Crippen LogP contribution in [0, 0.1) is 0 Å². The fourth-order valence-corrected chi connectivity index (χ4v) is 0.593. The van der Waals surface area contributed by atoms with E-state index in [-0.39, 0.29) is 12.0 Å². The second kappa shape index (κ2) is 5.35. The number of ketones is 1. The van der Waals surface area contributed by atoms with Gasteiger partial charge in [-0.05, 0) is 6.92 Å². The Morgan fingerprint density at radius 1 is 1.42 bits per heavy atom. The molecule has 0 rings (SSSR count). The molecular weight excluding hydrogens is 160 g/mol. The van der Waals surface area contributed by atoms with Crippen LogP contribution in [0.5, 0.6) is 0 Å². The number of aliphatic carboxylic acids is 1. The summed E-state index contributed by atoms with van der Waals surface area (Å²) in [5.41, 5.74) is -0.292. The van der Waals surface area contributed by atoms with Crippen molar-refractivity contribution in [3.63, 3.8) is 0 Å². The van der Waals surface area contributed by atoms with Crippen molar-refractivity contribution in [2.75, 3.05) is 6.61 Å². The molecule has 4 heteroatoms. The highest BCUT2D eigenvalue weighted by molar-refractivity contribution is 6.16. The molecule has 0 fully saturated rings. The minimum absolute atomic E-state index is 0.172. The highest BCUT2D eigenvalue weighted by atomic mass is 16.5. The van der Waals surface area contributed by atoms with E-state index in [1.54, 1.807) is 13.8 Å². The van der Waals surface area contributed by atoms with E-state index in [0.29, 0.717) is 6.61 Å². The predicted molar refractivity (Wildman–Crippen MR) is 42.6 cm³/mol. The predicted octanol–water partition coefficient (Wildman–Crippen LogP) is 0.970. The Morgan fingerprint density at radius 3 is 2.33 bits per heavy atom. The second-order valence-electron chi connectivity index (χ2n) is 2.07. The summed E-state index contributed by atoms with van der Waals surface area (Å²) < 4.78 is 4.72. The smallest absolute Gasteiger partial charge is 0.342 e. The number of rotatable bonds is 5. The Balaban J connectivity index is 4.43. The molecule has 12 heavy (non-hydrogen) atoms. The maximum atomic E-state index is 10.9. The molecule has 0 radical (unpaired) electrons. The molecule has 0 spiro atoms. The fourth-order valence-electron chi connectivity index (χ4n) is 0.593. The molecule has 0 bridgehead atoms. The van der Waals surface area contributed by atoms with Crippen LogP contribution in [0.3, 0.4) is 0 Å². The number of Topliss-reactive ketones (excluding diaryl/α,β-unsaturated/α-hetero) is 1. The van der Waals surface area contributed by atoms with Gasteiger partial charge in [0.05, 0.1) is 6.61 Å². The summed E-state index contributed by atoms with van der Waals surface area (Å²) in [5, 5.41) is 8.53. The van der Waals surface area contributed by atoms with E-state index in [2.05, 4.69) is 0 Å². The standard InChI is InChI=1S/C8H12O4/c1-3-7(9)6(8(10)11)5-12-4-2/h5H,3-4H2,1-2H3,(H,10,11)/b6-5+. The van der Waals surface area contributed by atoms with Crippen LogP contribution in [-0.4, -0.2) is 23.5 Å². The third-order valence-electron chi connectivity index (χ3n) is 1.22. The van der Waals surface area contributed by atoms with E-state index in [9.17, 15) is 9.59 Å². The van der Waals surface area contributed by atoms with Gasteiger partial charge in [-0.25, -0.2) is 4.79 Å². The minimum Gasteiger partial charge on any atom is -0.500 e. The summed E-state index contributed by atoms with van der Waals surface area (Å²) >= 11 is 0. The largest absolute Gasteiger partial charge is 0.500 e. The zero-order valence-electron chi connectivity index (χ0n) is 7.16. The highest BCUT2D eigenvalue weighted by Gasteiger charge is 2.15. The lowest BCUT2D eigenvalue weighted by molar-refractivity contribution is -0.134. The second-order valence-corrected chi connectivity index (χ2v) is 2.07. The first-order valence-corrected chi connectivity index (χ1v) is 3.71. The highest BCUT2D eigenvalue weighted by Crippen LogP contribution is 2.00. The average Bonchev–Trinajstić information content (AvgIpc) is 2.04. The molecule has 0 heterocycles. The summed E-state index contributed by atoms with van der Waals surface area (Å²) in [7, 11) is 0. The third-order valence-corrected chi connectivity index (χ3v) is 1.22. The summed E-state index contributed by atoms with van der Waals surface area (Å²) in [6, 6.07) is 0. The molecule has 0 atom stereocenters. The first-order chi connectivity index (χ1) is 5.63. The van der Waals surface area contributed by atoms with E-state index in [0.717, 1.165) is 6.26 Å². The van der Waals surface area contributed by atoms with Crippen molar-refractivity contribution >= 4 is 11.8 Å². The zero-order chi connectivity index (χ0) is 9.56. The first-order valence-electron chi connectivity index (χ1n) is 3.71. The van der Waals surface area contributed by atoms with Gasteiger partial charge in [-0.3, -0.25) is 4.79 Å². The van der Waals surface area contributed by atoms with E-state index >= 15 is 0 Å². The van der Waals surface area contributed by atoms with Crippen LogP contribution in [0.4, 0.5) is 0 Å². The van der Waals surface area contributed by atoms with Gasteiger partial charge in [0.25, 0.3) is 0 Å². The Hall–Kier alpha value is -1.32. The monoisotopic (exact) mass is 172 g/mol. The van der Waals surface area contributed by atoms with Crippen molar-refractivity contribution in [1.82, 2.24) is 0 Å². The molecule has 0 saturated heterocycles. The van der Waals surface area contributed by atoms with Gasteiger partial charge < -0.3 is 9.84 Å². The molecule has 0 aromatic rings. The van der Waals surface area contributed by atoms with Crippen LogP contribution < -0.4 is 0 Å². The van der Waals surface area contributed by atoms with Crippen LogP contribution in [0.2, 0.25) is 0 Å². The van der Waals surface area contributed by atoms with Gasteiger partial charge in [0.2, 0.25) is 0 Å². The van der Waals surface area contributed by atoms with Crippen molar-refractivity contribution in [2.45, 2.75) is 20.3 Å². The van der Waals surface area contributed by atoms with E-state index in [4.69, 9.17) is 9.84 Å². The maximum Gasteiger partial charge on any atom is 0.342 e. The van der Waals surface area contributed by atoms with Crippen molar-refractivity contribution < 1.29 is 19.4 Å². The molecule has 0 aliphatic carbocycles. The molecular formula is C8H12O4. The van der Waals surface area contributed by atoms with Crippen molar-refractivity contribution in [3.05, 3.63) is 11.8 Å². The lowest BCUT2D eigenvalue weighted by atomic mass is 10.1. The first kappa shape index (κ1) is 10.7. The van der Waals surface area contributed by atoms with Crippen LogP contribution in [-0.2, 0) is 14.3 Å². The van der Waals surface area contributed by atoms with E-state index < -0.39 is 11.8 Å². The molecule has 0 aromatic carbocycles. The van der Waals surface area contributed by atoms with Gasteiger partial charge >= 0.3 is 5.97 Å². The molecule has 68 valence electrons. The topological polar surface area (TPSA) is 63.6 Å².